The van der Waals surface area contributed by atoms with Crippen LogP contribution in [0.1, 0.15) is 10.5 Å². The van der Waals surface area contributed by atoms with Gasteiger partial charge >= 0.3 is 0 Å². The Kier molecular flexibility index (Phi) is 5.60. The third kappa shape index (κ3) is 4.42. The van der Waals surface area contributed by atoms with Crippen molar-refractivity contribution in [1.82, 2.24) is 10.5 Å². The number of amides is 1. The van der Waals surface area contributed by atoms with Crippen molar-refractivity contribution in [3.05, 3.63) is 58.3 Å². The molecule has 150 valence electrons. The summed E-state index contributed by atoms with van der Waals surface area (Å²) in [6, 6.07) is 8.65. The van der Waals surface area contributed by atoms with E-state index in [0.29, 0.717) is 0 Å². The van der Waals surface area contributed by atoms with Crippen LogP contribution in [0.15, 0.2) is 47.0 Å². The number of hydrogen-bond acceptors (Lipinski definition) is 9. The van der Waals surface area contributed by atoms with Crippen molar-refractivity contribution in [2.24, 2.45) is 0 Å². The highest BCUT2D eigenvalue weighted by molar-refractivity contribution is 5.93. The largest absolute Gasteiger partial charge is 0.508 e. The van der Waals surface area contributed by atoms with Crippen LogP contribution in [0.4, 0.5) is 5.69 Å². The van der Waals surface area contributed by atoms with Crippen molar-refractivity contribution in [1.29, 1.82) is 0 Å². The Hall–Kier alpha value is -4.12. The van der Waals surface area contributed by atoms with Gasteiger partial charge in [-0.3, -0.25) is 14.9 Å². The molecule has 0 unspecified atom stereocenters. The van der Waals surface area contributed by atoms with Crippen molar-refractivity contribution in [2.75, 3.05) is 13.2 Å². The van der Waals surface area contributed by atoms with Gasteiger partial charge in [0.2, 0.25) is 0 Å². The topological polar surface area (TPSA) is 168 Å². The summed E-state index contributed by atoms with van der Waals surface area (Å²) < 4.78 is 10.7. The number of aliphatic hydroxyl groups is 1. The molecule has 0 atom stereocenters. The molecule has 11 heteroatoms. The molecule has 0 bridgehead atoms. The van der Waals surface area contributed by atoms with Gasteiger partial charge in [0.1, 0.15) is 28.6 Å². The highest BCUT2D eigenvalue weighted by Gasteiger charge is 2.21. The number of carbonyl (C=O) groups is 1. The average molecular weight is 401 g/mol. The van der Waals surface area contributed by atoms with Gasteiger partial charge in [-0.2, -0.15) is 0 Å². The van der Waals surface area contributed by atoms with E-state index in [0.717, 1.165) is 6.07 Å². The minimum absolute atomic E-state index is 0.00913. The first-order valence-corrected chi connectivity index (χ1v) is 8.23. The van der Waals surface area contributed by atoms with E-state index in [4.69, 9.17) is 14.4 Å². The summed E-state index contributed by atoms with van der Waals surface area (Å²) in [5, 5.41) is 45.6. The fourth-order valence-electron chi connectivity index (χ4n) is 2.44. The number of carbonyl (C=O) groups excluding carboxylic acids is 1. The number of rotatable bonds is 7. The SMILES string of the molecule is O=C(NCCO)c1cc(-c2c(O)cc(O)cc2Oc2ccc([N+](=O)[O-])cc2)on1. The van der Waals surface area contributed by atoms with E-state index in [1.54, 1.807) is 0 Å². The zero-order valence-electron chi connectivity index (χ0n) is 14.7. The molecule has 4 N–H and O–H groups in total. The maximum absolute atomic E-state index is 11.9. The second-order valence-corrected chi connectivity index (χ2v) is 5.75. The zero-order valence-corrected chi connectivity index (χ0v) is 14.7. The second kappa shape index (κ2) is 8.27. The van der Waals surface area contributed by atoms with Gasteiger partial charge in [-0.05, 0) is 12.1 Å². The minimum atomic E-state index is -0.592. The number of nitrogens with zero attached hydrogens (tertiary/aromatic N) is 2. The highest BCUT2D eigenvalue weighted by Crippen LogP contribution is 2.43. The van der Waals surface area contributed by atoms with Crippen molar-refractivity contribution < 1.29 is 34.3 Å². The van der Waals surface area contributed by atoms with E-state index in [9.17, 15) is 25.1 Å². The Morgan fingerprint density at radius 1 is 1.21 bits per heavy atom. The predicted octanol–water partition coefficient (Wildman–Crippen LogP) is 2.18. The second-order valence-electron chi connectivity index (χ2n) is 5.75. The van der Waals surface area contributed by atoms with Gasteiger partial charge in [0.05, 0.1) is 11.5 Å². The molecule has 0 spiro atoms. The van der Waals surface area contributed by atoms with Gasteiger partial charge in [-0.15, -0.1) is 0 Å². The number of phenols is 2. The zero-order chi connectivity index (χ0) is 21.0. The van der Waals surface area contributed by atoms with Crippen LogP contribution >= 0.6 is 0 Å². The lowest BCUT2D eigenvalue weighted by Crippen LogP contribution is -2.26. The molecule has 3 rings (SSSR count). The molecule has 29 heavy (non-hydrogen) atoms. The number of benzene rings is 2. The summed E-state index contributed by atoms with van der Waals surface area (Å²) in [4.78, 5) is 22.1. The number of nitro benzene ring substituents is 1. The summed E-state index contributed by atoms with van der Waals surface area (Å²) in [7, 11) is 0. The number of hydrogen-bond donors (Lipinski definition) is 4. The van der Waals surface area contributed by atoms with Crippen LogP contribution in [-0.4, -0.2) is 44.5 Å². The van der Waals surface area contributed by atoms with Crippen molar-refractivity contribution >= 4 is 11.6 Å². The van der Waals surface area contributed by atoms with Crippen LogP contribution in [0.5, 0.6) is 23.0 Å². The van der Waals surface area contributed by atoms with E-state index in [2.05, 4.69) is 10.5 Å². The minimum Gasteiger partial charge on any atom is -0.508 e. The van der Waals surface area contributed by atoms with Crippen LogP contribution in [0.2, 0.25) is 0 Å². The summed E-state index contributed by atoms with van der Waals surface area (Å²) in [5.41, 5.74) is -0.220. The normalized spacial score (nSPS) is 10.5. The predicted molar refractivity (Wildman–Crippen MR) is 97.9 cm³/mol. The van der Waals surface area contributed by atoms with Crippen LogP contribution in [-0.2, 0) is 0 Å². The number of phenolic OH excluding ortho intramolecular Hbond substituents is 2. The molecule has 0 saturated carbocycles. The van der Waals surface area contributed by atoms with Gasteiger partial charge in [-0.25, -0.2) is 0 Å². The van der Waals surface area contributed by atoms with Crippen LogP contribution < -0.4 is 10.1 Å². The van der Waals surface area contributed by atoms with Gasteiger partial charge < -0.3 is 29.9 Å². The summed E-state index contributed by atoms with van der Waals surface area (Å²) >= 11 is 0. The fraction of sp³-hybridized carbons (Fsp3) is 0.111. The van der Waals surface area contributed by atoms with E-state index in [1.807, 2.05) is 0 Å². The van der Waals surface area contributed by atoms with E-state index in [1.165, 1.54) is 36.4 Å². The highest BCUT2D eigenvalue weighted by atomic mass is 16.6. The Labute approximate surface area is 162 Å². The van der Waals surface area contributed by atoms with Gasteiger partial charge in [0, 0.05) is 36.9 Å². The number of aromatic nitrogens is 1. The lowest BCUT2D eigenvalue weighted by atomic mass is 10.1. The van der Waals surface area contributed by atoms with E-state index in [-0.39, 0.29) is 53.1 Å². The van der Waals surface area contributed by atoms with E-state index >= 15 is 0 Å². The summed E-state index contributed by atoms with van der Waals surface area (Å²) in [6.45, 7) is -0.220. The quantitative estimate of drug-likeness (QED) is 0.342. The maximum atomic E-state index is 11.9. The molecule has 0 fully saturated rings. The van der Waals surface area contributed by atoms with Crippen LogP contribution in [0, 0.1) is 10.1 Å². The molecule has 0 radical (unpaired) electrons. The number of aliphatic hydroxyl groups excluding tert-OH is 1. The monoisotopic (exact) mass is 401 g/mol. The standard InChI is InChI=1S/C18H15N3O8/c22-6-5-19-18(25)13-9-16(29-20-13)17-14(24)7-11(23)8-15(17)28-12-3-1-10(2-4-12)21(26)27/h1-4,7-9,22-24H,5-6H2,(H,19,25). The summed E-state index contributed by atoms with van der Waals surface area (Å²) in [5.74, 6) is -1.15. The molecule has 0 saturated heterocycles. The van der Waals surface area contributed by atoms with Crippen molar-refractivity contribution in [3.8, 4) is 34.3 Å². The van der Waals surface area contributed by atoms with Gasteiger partial charge in [-0.1, -0.05) is 5.16 Å². The number of aromatic hydroxyl groups is 2. The number of non-ortho nitro benzene ring substituents is 1. The van der Waals surface area contributed by atoms with Gasteiger partial charge in [0.25, 0.3) is 11.6 Å². The third-order valence-corrected chi connectivity index (χ3v) is 3.73. The molecule has 0 aliphatic carbocycles. The molecule has 1 aromatic heterocycles. The number of nitrogens with one attached hydrogen (secondary N) is 1. The molecule has 3 aromatic rings. The van der Waals surface area contributed by atoms with Gasteiger partial charge in [0.15, 0.2) is 11.5 Å². The first-order valence-electron chi connectivity index (χ1n) is 8.23. The Balaban J connectivity index is 1.94. The van der Waals surface area contributed by atoms with Crippen molar-refractivity contribution in [2.45, 2.75) is 0 Å². The first kappa shape index (κ1) is 19.6. The number of ether oxygens (including phenoxy) is 1. The lowest BCUT2D eigenvalue weighted by molar-refractivity contribution is -0.384. The summed E-state index contributed by atoms with van der Waals surface area (Å²) in [6.07, 6.45) is 0. The van der Waals surface area contributed by atoms with Crippen LogP contribution in [0.25, 0.3) is 11.3 Å². The molecule has 11 nitrogen and oxygen atoms in total. The Morgan fingerprint density at radius 2 is 1.93 bits per heavy atom. The first-order chi connectivity index (χ1) is 13.9. The lowest BCUT2D eigenvalue weighted by Gasteiger charge is -2.11. The maximum Gasteiger partial charge on any atom is 0.273 e. The Bertz CT molecular complexity index is 1050. The third-order valence-electron chi connectivity index (χ3n) is 3.73. The molecule has 1 heterocycles. The molecule has 2 aromatic carbocycles. The van der Waals surface area contributed by atoms with Crippen molar-refractivity contribution in [3.63, 3.8) is 0 Å². The molecule has 1 amide bonds. The molecular weight excluding hydrogens is 386 g/mol. The van der Waals surface area contributed by atoms with Crippen LogP contribution in [0.3, 0.4) is 0 Å². The smallest absolute Gasteiger partial charge is 0.273 e. The molecule has 0 aliphatic rings. The number of nitro groups is 1. The van der Waals surface area contributed by atoms with E-state index < -0.39 is 16.6 Å². The Morgan fingerprint density at radius 3 is 2.59 bits per heavy atom. The fourth-order valence-corrected chi connectivity index (χ4v) is 2.44. The average Bonchev–Trinajstić information content (AvgIpc) is 3.15. The molecular formula is C18H15N3O8. The molecule has 0 aliphatic heterocycles.